The summed E-state index contributed by atoms with van der Waals surface area (Å²) in [6.07, 6.45) is 12.1. The summed E-state index contributed by atoms with van der Waals surface area (Å²) in [4.78, 5) is 12.6. The van der Waals surface area contributed by atoms with E-state index >= 15 is 0 Å². The molecule has 0 saturated heterocycles. The Morgan fingerprint density at radius 3 is 1.69 bits per heavy atom. The molecule has 0 radical (unpaired) electrons. The molecule has 0 amide bonds. The van der Waals surface area contributed by atoms with Crippen LogP contribution in [0.1, 0.15) is 12.8 Å². The van der Waals surface area contributed by atoms with Crippen molar-refractivity contribution in [2.45, 2.75) is 12.8 Å². The Morgan fingerprint density at radius 2 is 1.19 bits per heavy atom. The minimum Gasteiger partial charge on any atom is -0.299 e. The maximum atomic E-state index is 12.6. The fourth-order valence-corrected chi connectivity index (χ4v) is 5.79. The Kier molecular flexibility index (Phi) is 1.22. The van der Waals surface area contributed by atoms with E-state index in [2.05, 4.69) is 24.3 Å². The molecule has 3 fully saturated rings. The molecule has 5 aliphatic rings. The summed E-state index contributed by atoms with van der Waals surface area (Å²) in [7, 11) is 0. The zero-order chi connectivity index (χ0) is 10.4. The molecule has 0 aromatic rings. The van der Waals surface area contributed by atoms with E-state index in [4.69, 9.17) is 0 Å². The quantitative estimate of drug-likeness (QED) is 0.564. The first-order valence-corrected chi connectivity index (χ1v) is 6.75. The largest absolute Gasteiger partial charge is 0.299 e. The van der Waals surface area contributed by atoms with Crippen LogP contribution >= 0.6 is 0 Å². The topological polar surface area (TPSA) is 17.1 Å². The fourth-order valence-electron chi connectivity index (χ4n) is 5.79. The van der Waals surface area contributed by atoms with E-state index in [1.165, 1.54) is 12.8 Å². The fraction of sp³-hybridized carbons (Fsp3) is 0.667. The molecule has 0 N–H and O–H groups in total. The molecule has 5 aliphatic carbocycles. The SMILES string of the molecule is O=C1[C@@H]2[C@@H]([C@@H]3[C@H]1[C@H]1C=C[C@H]3C1)[C@H]1C=C[C@H]2C1. The van der Waals surface area contributed by atoms with Crippen molar-refractivity contribution < 1.29 is 4.79 Å². The summed E-state index contributed by atoms with van der Waals surface area (Å²) >= 11 is 0. The maximum absolute atomic E-state index is 12.6. The van der Waals surface area contributed by atoms with E-state index in [9.17, 15) is 4.79 Å². The van der Waals surface area contributed by atoms with Gasteiger partial charge in [-0.05, 0) is 48.3 Å². The highest BCUT2D eigenvalue weighted by molar-refractivity contribution is 5.89. The van der Waals surface area contributed by atoms with Crippen molar-refractivity contribution in [2.24, 2.45) is 47.3 Å². The first-order chi connectivity index (χ1) is 7.84. The van der Waals surface area contributed by atoms with Gasteiger partial charge in [0.15, 0.2) is 0 Å². The van der Waals surface area contributed by atoms with E-state index in [1.807, 2.05) is 0 Å². The lowest BCUT2D eigenvalue weighted by molar-refractivity contribution is -0.125. The van der Waals surface area contributed by atoms with Gasteiger partial charge in [-0.2, -0.15) is 0 Å². The molecule has 16 heavy (non-hydrogen) atoms. The number of carbonyl (C=O) groups is 1. The van der Waals surface area contributed by atoms with Gasteiger partial charge in [0.05, 0.1) is 0 Å². The number of fused-ring (bicyclic) bond motifs is 11. The predicted octanol–water partition coefficient (Wildman–Crippen LogP) is 2.45. The van der Waals surface area contributed by atoms with Gasteiger partial charge in [0.25, 0.3) is 0 Å². The van der Waals surface area contributed by atoms with Gasteiger partial charge in [0, 0.05) is 11.8 Å². The van der Waals surface area contributed by atoms with Gasteiger partial charge < -0.3 is 0 Å². The van der Waals surface area contributed by atoms with Gasteiger partial charge in [0.1, 0.15) is 5.78 Å². The molecular formula is C15H16O. The van der Waals surface area contributed by atoms with Crippen molar-refractivity contribution in [3.05, 3.63) is 24.3 Å². The lowest BCUT2D eigenvalue weighted by atomic mass is 9.75. The van der Waals surface area contributed by atoms with Crippen LogP contribution in [0.2, 0.25) is 0 Å². The second-order valence-corrected chi connectivity index (χ2v) is 6.51. The summed E-state index contributed by atoms with van der Waals surface area (Å²) in [6, 6.07) is 0. The third kappa shape index (κ3) is 0.687. The van der Waals surface area contributed by atoms with Gasteiger partial charge >= 0.3 is 0 Å². The highest BCUT2D eigenvalue weighted by Gasteiger charge is 2.65. The van der Waals surface area contributed by atoms with Crippen LogP contribution in [0.5, 0.6) is 0 Å². The predicted molar refractivity (Wildman–Crippen MR) is 60.4 cm³/mol. The third-order valence-electron chi connectivity index (χ3n) is 6.14. The zero-order valence-corrected chi connectivity index (χ0v) is 9.25. The lowest BCUT2D eigenvalue weighted by Crippen LogP contribution is -2.24. The molecule has 3 saturated carbocycles. The van der Waals surface area contributed by atoms with Crippen molar-refractivity contribution in [3.8, 4) is 0 Å². The van der Waals surface area contributed by atoms with Crippen LogP contribution in [0.15, 0.2) is 24.3 Å². The minimum absolute atomic E-state index is 0.426. The molecule has 0 aliphatic heterocycles. The number of rotatable bonds is 0. The van der Waals surface area contributed by atoms with Crippen LogP contribution in [-0.2, 0) is 4.79 Å². The summed E-state index contributed by atoms with van der Waals surface area (Å²) in [5.41, 5.74) is 0. The van der Waals surface area contributed by atoms with Gasteiger partial charge in [-0.25, -0.2) is 0 Å². The number of Topliss-reactive ketones (excluding diaryl/α,β-unsaturated/α-hetero) is 1. The van der Waals surface area contributed by atoms with Crippen LogP contribution in [0, 0.1) is 47.3 Å². The summed E-state index contributed by atoms with van der Waals surface area (Å²) < 4.78 is 0. The molecule has 1 nitrogen and oxygen atoms in total. The number of hydrogen-bond donors (Lipinski definition) is 0. The van der Waals surface area contributed by atoms with Gasteiger partial charge in [-0.3, -0.25) is 4.79 Å². The molecule has 0 unspecified atom stereocenters. The van der Waals surface area contributed by atoms with E-state index in [0.717, 1.165) is 23.7 Å². The van der Waals surface area contributed by atoms with Crippen LogP contribution in [0.25, 0.3) is 0 Å². The second kappa shape index (κ2) is 2.37. The van der Waals surface area contributed by atoms with Crippen molar-refractivity contribution in [1.29, 1.82) is 0 Å². The molecule has 0 spiro atoms. The summed E-state index contributed by atoms with van der Waals surface area (Å²) in [5.74, 6) is 5.69. The van der Waals surface area contributed by atoms with Crippen LogP contribution in [0.4, 0.5) is 0 Å². The van der Waals surface area contributed by atoms with Gasteiger partial charge in [-0.1, -0.05) is 24.3 Å². The first-order valence-electron chi connectivity index (χ1n) is 6.75. The van der Waals surface area contributed by atoms with E-state index in [-0.39, 0.29) is 0 Å². The van der Waals surface area contributed by atoms with Crippen molar-refractivity contribution in [3.63, 3.8) is 0 Å². The molecular weight excluding hydrogens is 196 g/mol. The molecule has 4 bridgehead atoms. The van der Waals surface area contributed by atoms with E-state index < -0.39 is 0 Å². The van der Waals surface area contributed by atoms with E-state index in [0.29, 0.717) is 29.5 Å². The molecule has 82 valence electrons. The molecule has 5 rings (SSSR count). The van der Waals surface area contributed by atoms with Gasteiger partial charge in [0.2, 0.25) is 0 Å². The average Bonchev–Trinajstić information content (AvgIpc) is 2.98. The van der Waals surface area contributed by atoms with Crippen molar-refractivity contribution >= 4 is 5.78 Å². The molecule has 8 atom stereocenters. The lowest BCUT2D eigenvalue weighted by Gasteiger charge is -2.28. The first kappa shape index (κ1) is 8.27. The Morgan fingerprint density at radius 1 is 0.750 bits per heavy atom. The Hall–Kier alpha value is -0.850. The normalized spacial score (nSPS) is 63.4. The maximum Gasteiger partial charge on any atom is 0.140 e. The zero-order valence-electron chi connectivity index (χ0n) is 9.25. The minimum atomic E-state index is 0.426. The monoisotopic (exact) mass is 212 g/mol. The Bertz CT molecular complexity index is 406. The standard InChI is InChI=1S/C15H16O/c16-15-13-9-3-1-7(5-9)11(13)12-8-2-4-10(6-8)14(12)15/h1-4,7-14H,5-6H2/t7-,8-,9-,10-,11+,12+,13-,14+/m0/s1. The van der Waals surface area contributed by atoms with Crippen molar-refractivity contribution in [1.82, 2.24) is 0 Å². The third-order valence-corrected chi connectivity index (χ3v) is 6.14. The molecule has 0 aromatic carbocycles. The number of ketones is 1. The number of hydrogen-bond acceptors (Lipinski definition) is 1. The van der Waals surface area contributed by atoms with Crippen LogP contribution in [-0.4, -0.2) is 5.78 Å². The van der Waals surface area contributed by atoms with Gasteiger partial charge in [-0.15, -0.1) is 0 Å². The average molecular weight is 212 g/mol. The highest BCUT2D eigenvalue weighted by Crippen LogP contribution is 2.66. The summed E-state index contributed by atoms with van der Waals surface area (Å²) in [6.45, 7) is 0. The molecule has 1 heteroatoms. The van der Waals surface area contributed by atoms with E-state index in [1.54, 1.807) is 0 Å². The summed E-state index contributed by atoms with van der Waals surface area (Å²) in [5, 5.41) is 0. The Balaban J connectivity index is 1.67. The number of allylic oxidation sites excluding steroid dienone is 4. The molecule has 0 heterocycles. The second-order valence-electron chi connectivity index (χ2n) is 6.51. The van der Waals surface area contributed by atoms with Crippen molar-refractivity contribution in [2.75, 3.05) is 0 Å². The Labute approximate surface area is 95.6 Å². The molecule has 0 aromatic heterocycles. The van der Waals surface area contributed by atoms with Crippen LogP contribution < -0.4 is 0 Å². The smallest absolute Gasteiger partial charge is 0.140 e. The highest BCUT2D eigenvalue weighted by atomic mass is 16.1. The number of carbonyl (C=O) groups excluding carboxylic acids is 1. The van der Waals surface area contributed by atoms with Crippen LogP contribution in [0.3, 0.4) is 0 Å².